The minimum absolute atomic E-state index is 0.175. The van der Waals surface area contributed by atoms with E-state index in [1.807, 2.05) is 7.11 Å². The summed E-state index contributed by atoms with van der Waals surface area (Å²) in [6, 6.07) is 0. The van der Waals surface area contributed by atoms with Crippen LogP contribution in [0.1, 0.15) is 45.4 Å². The normalized spacial score (nSPS) is 30.6. The first kappa shape index (κ1) is 11.4. The number of hydrogen-bond acceptors (Lipinski definition) is 2. The van der Waals surface area contributed by atoms with Gasteiger partial charge in [0.05, 0.1) is 5.60 Å². The van der Waals surface area contributed by atoms with Gasteiger partial charge in [0.1, 0.15) is 0 Å². The molecular weight excluding hydrogens is 186 g/mol. The average molecular weight is 211 g/mol. The van der Waals surface area contributed by atoms with Crippen molar-refractivity contribution in [3.63, 3.8) is 0 Å². The Kier molecular flexibility index (Phi) is 3.09. The van der Waals surface area contributed by atoms with E-state index in [2.05, 4.69) is 18.9 Å². The second-order valence-electron chi connectivity index (χ2n) is 5.96. The van der Waals surface area contributed by atoms with Crippen molar-refractivity contribution in [2.75, 3.05) is 27.2 Å². The van der Waals surface area contributed by atoms with Gasteiger partial charge in [0, 0.05) is 7.11 Å². The van der Waals surface area contributed by atoms with Crippen LogP contribution >= 0.6 is 0 Å². The Balaban J connectivity index is 1.92. The SMILES string of the molecule is COC1(C)CCC2(CCN(C)CC2)CC1. The molecule has 2 fully saturated rings. The molecule has 0 unspecified atom stereocenters. The maximum absolute atomic E-state index is 5.62. The lowest BCUT2D eigenvalue weighted by Gasteiger charge is -2.48. The van der Waals surface area contributed by atoms with E-state index in [0.29, 0.717) is 5.41 Å². The van der Waals surface area contributed by atoms with Crippen molar-refractivity contribution in [1.82, 2.24) is 4.90 Å². The highest BCUT2D eigenvalue weighted by Gasteiger charge is 2.41. The van der Waals surface area contributed by atoms with Crippen molar-refractivity contribution >= 4 is 0 Å². The van der Waals surface area contributed by atoms with Gasteiger partial charge in [-0.1, -0.05) is 0 Å². The summed E-state index contributed by atoms with van der Waals surface area (Å²) in [4.78, 5) is 2.47. The molecule has 0 aromatic carbocycles. The number of rotatable bonds is 1. The smallest absolute Gasteiger partial charge is 0.0651 e. The van der Waals surface area contributed by atoms with Gasteiger partial charge in [-0.05, 0) is 71.0 Å². The third-order valence-electron chi connectivity index (χ3n) is 4.91. The molecule has 0 aromatic heterocycles. The molecule has 1 saturated carbocycles. The molecule has 1 heterocycles. The van der Waals surface area contributed by atoms with Crippen molar-refractivity contribution in [3.8, 4) is 0 Å². The highest BCUT2D eigenvalue weighted by atomic mass is 16.5. The van der Waals surface area contributed by atoms with Crippen LogP contribution in [0.2, 0.25) is 0 Å². The minimum atomic E-state index is 0.175. The molecule has 88 valence electrons. The molecule has 2 heteroatoms. The second kappa shape index (κ2) is 4.06. The predicted molar refractivity (Wildman–Crippen MR) is 63.0 cm³/mol. The minimum Gasteiger partial charge on any atom is -0.379 e. The molecule has 2 aliphatic rings. The molecule has 1 aliphatic heterocycles. The number of nitrogens with zero attached hydrogens (tertiary/aromatic N) is 1. The first-order chi connectivity index (χ1) is 7.08. The van der Waals surface area contributed by atoms with Crippen LogP contribution in [0.3, 0.4) is 0 Å². The van der Waals surface area contributed by atoms with Crippen LogP contribution in [0.4, 0.5) is 0 Å². The molecule has 1 spiro atoms. The molecule has 2 nitrogen and oxygen atoms in total. The van der Waals surface area contributed by atoms with Gasteiger partial charge >= 0.3 is 0 Å². The lowest BCUT2D eigenvalue weighted by Crippen LogP contribution is -2.44. The van der Waals surface area contributed by atoms with Crippen LogP contribution < -0.4 is 0 Å². The topological polar surface area (TPSA) is 12.5 Å². The van der Waals surface area contributed by atoms with Crippen molar-refractivity contribution in [2.45, 2.75) is 51.0 Å². The highest BCUT2D eigenvalue weighted by molar-refractivity contribution is 4.94. The van der Waals surface area contributed by atoms with E-state index in [0.717, 1.165) is 0 Å². The van der Waals surface area contributed by atoms with E-state index < -0.39 is 0 Å². The number of methoxy groups -OCH3 is 1. The largest absolute Gasteiger partial charge is 0.379 e. The van der Waals surface area contributed by atoms with E-state index in [4.69, 9.17) is 4.74 Å². The Hall–Kier alpha value is -0.0800. The lowest BCUT2D eigenvalue weighted by atomic mass is 9.64. The van der Waals surface area contributed by atoms with Crippen LogP contribution in [-0.2, 0) is 4.74 Å². The first-order valence-electron chi connectivity index (χ1n) is 6.31. The first-order valence-corrected chi connectivity index (χ1v) is 6.31. The molecule has 0 bridgehead atoms. The van der Waals surface area contributed by atoms with Crippen LogP contribution in [0, 0.1) is 5.41 Å². The van der Waals surface area contributed by atoms with E-state index >= 15 is 0 Å². The Labute approximate surface area is 94.0 Å². The molecule has 0 aromatic rings. The average Bonchev–Trinajstić information content (AvgIpc) is 2.27. The molecule has 0 atom stereocenters. The fourth-order valence-corrected chi connectivity index (χ4v) is 3.11. The number of piperidine rings is 1. The maximum Gasteiger partial charge on any atom is 0.0651 e. The van der Waals surface area contributed by atoms with Crippen LogP contribution in [0.15, 0.2) is 0 Å². The predicted octanol–water partition coefficient (Wildman–Crippen LogP) is 2.68. The van der Waals surface area contributed by atoms with Gasteiger partial charge in [-0.25, -0.2) is 0 Å². The summed E-state index contributed by atoms with van der Waals surface area (Å²) < 4.78 is 5.62. The van der Waals surface area contributed by atoms with Crippen molar-refractivity contribution in [1.29, 1.82) is 0 Å². The zero-order valence-electron chi connectivity index (χ0n) is 10.5. The fraction of sp³-hybridized carbons (Fsp3) is 1.00. The number of likely N-dealkylation sites (tertiary alicyclic amines) is 1. The van der Waals surface area contributed by atoms with Crippen molar-refractivity contribution in [2.24, 2.45) is 5.41 Å². The third-order valence-corrected chi connectivity index (χ3v) is 4.91. The van der Waals surface area contributed by atoms with Gasteiger partial charge in [0.25, 0.3) is 0 Å². The standard InChI is InChI=1S/C13H25NO/c1-12(15-3)4-6-13(7-5-12)8-10-14(2)11-9-13/h4-11H2,1-3H3. The van der Waals surface area contributed by atoms with E-state index in [9.17, 15) is 0 Å². The fourth-order valence-electron chi connectivity index (χ4n) is 3.11. The van der Waals surface area contributed by atoms with Gasteiger partial charge in [0.2, 0.25) is 0 Å². The molecule has 1 aliphatic carbocycles. The molecule has 0 radical (unpaired) electrons. The zero-order chi connectivity index (χ0) is 10.9. The van der Waals surface area contributed by atoms with Crippen LogP contribution in [-0.4, -0.2) is 37.7 Å². The summed E-state index contributed by atoms with van der Waals surface area (Å²) in [6.07, 6.45) is 8.09. The van der Waals surface area contributed by atoms with Crippen LogP contribution in [0.25, 0.3) is 0 Å². The van der Waals surface area contributed by atoms with Gasteiger partial charge < -0.3 is 9.64 Å². The van der Waals surface area contributed by atoms with Gasteiger partial charge in [0.15, 0.2) is 0 Å². The molecule has 2 rings (SSSR count). The second-order valence-corrected chi connectivity index (χ2v) is 5.96. The van der Waals surface area contributed by atoms with Crippen molar-refractivity contribution < 1.29 is 4.74 Å². The Morgan fingerprint density at radius 2 is 1.47 bits per heavy atom. The molecule has 15 heavy (non-hydrogen) atoms. The van der Waals surface area contributed by atoms with E-state index in [1.54, 1.807) is 0 Å². The number of ether oxygens (including phenoxy) is 1. The molecular formula is C13H25NO. The van der Waals surface area contributed by atoms with E-state index in [1.165, 1.54) is 51.6 Å². The highest BCUT2D eigenvalue weighted by Crippen LogP contribution is 2.48. The monoisotopic (exact) mass is 211 g/mol. The molecule has 0 amide bonds. The van der Waals surface area contributed by atoms with E-state index in [-0.39, 0.29) is 5.60 Å². The Bertz CT molecular complexity index is 209. The van der Waals surface area contributed by atoms with Gasteiger partial charge in [-0.2, -0.15) is 0 Å². The summed E-state index contributed by atoms with van der Waals surface area (Å²) in [5.41, 5.74) is 0.846. The summed E-state index contributed by atoms with van der Waals surface area (Å²) >= 11 is 0. The number of hydrogen-bond donors (Lipinski definition) is 0. The zero-order valence-corrected chi connectivity index (χ0v) is 10.5. The Morgan fingerprint density at radius 1 is 0.933 bits per heavy atom. The third kappa shape index (κ3) is 2.36. The van der Waals surface area contributed by atoms with Crippen molar-refractivity contribution in [3.05, 3.63) is 0 Å². The van der Waals surface area contributed by atoms with Crippen LogP contribution in [0.5, 0.6) is 0 Å². The summed E-state index contributed by atoms with van der Waals surface area (Å²) in [5.74, 6) is 0. The summed E-state index contributed by atoms with van der Waals surface area (Å²) in [5, 5.41) is 0. The lowest BCUT2D eigenvalue weighted by molar-refractivity contribution is -0.0654. The summed E-state index contributed by atoms with van der Waals surface area (Å²) in [7, 11) is 4.11. The van der Waals surface area contributed by atoms with Gasteiger partial charge in [-0.15, -0.1) is 0 Å². The molecule has 0 N–H and O–H groups in total. The van der Waals surface area contributed by atoms with Gasteiger partial charge in [-0.3, -0.25) is 0 Å². The quantitative estimate of drug-likeness (QED) is 0.661. The summed E-state index contributed by atoms with van der Waals surface area (Å²) in [6.45, 7) is 4.86. The Morgan fingerprint density at radius 3 is 1.93 bits per heavy atom. The maximum atomic E-state index is 5.62. The molecule has 1 saturated heterocycles.